The number of nitrogens with one attached hydrogen (secondary N) is 1. The van der Waals surface area contributed by atoms with Gasteiger partial charge in [-0.2, -0.15) is 0 Å². The molecule has 2 amide bonds. The van der Waals surface area contributed by atoms with Gasteiger partial charge in [-0.25, -0.2) is 0 Å². The third kappa shape index (κ3) is 5.06. The van der Waals surface area contributed by atoms with Crippen molar-refractivity contribution in [2.45, 2.75) is 20.3 Å². The number of rotatable bonds is 6. The first-order valence-electron chi connectivity index (χ1n) is 8.00. The summed E-state index contributed by atoms with van der Waals surface area (Å²) in [5.74, 6) is 0.406. The molecule has 25 heavy (non-hydrogen) atoms. The summed E-state index contributed by atoms with van der Waals surface area (Å²) in [4.78, 5) is 25.4. The fourth-order valence-electron chi connectivity index (χ4n) is 2.15. The van der Waals surface area contributed by atoms with E-state index in [2.05, 4.69) is 21.2 Å². The van der Waals surface area contributed by atoms with Crippen LogP contribution in [0.2, 0.25) is 0 Å². The molecule has 0 heterocycles. The molecule has 0 saturated heterocycles. The van der Waals surface area contributed by atoms with Crippen LogP contribution in [0.15, 0.2) is 46.9 Å². The van der Waals surface area contributed by atoms with Crippen LogP contribution in [0.4, 0.5) is 11.4 Å². The molecule has 6 heteroatoms. The molecule has 0 atom stereocenters. The smallest absolute Gasteiger partial charge is 0.255 e. The van der Waals surface area contributed by atoms with Crippen LogP contribution in [0.3, 0.4) is 0 Å². The average molecular weight is 405 g/mol. The van der Waals surface area contributed by atoms with Crippen LogP contribution in [-0.4, -0.2) is 25.5 Å². The first kappa shape index (κ1) is 19.0. The van der Waals surface area contributed by atoms with Crippen molar-refractivity contribution in [2.24, 2.45) is 0 Å². The van der Waals surface area contributed by atoms with E-state index >= 15 is 0 Å². The number of hydrogen-bond donors (Lipinski definition) is 1. The molecule has 2 aromatic rings. The molecule has 0 saturated carbocycles. The van der Waals surface area contributed by atoms with Crippen molar-refractivity contribution < 1.29 is 14.3 Å². The summed E-state index contributed by atoms with van der Waals surface area (Å²) in [6.07, 6.45) is 0.916. The van der Waals surface area contributed by atoms with Gasteiger partial charge in [-0.15, -0.1) is 0 Å². The molecule has 0 aliphatic carbocycles. The quantitative estimate of drug-likeness (QED) is 0.772. The van der Waals surface area contributed by atoms with Crippen LogP contribution in [0.5, 0.6) is 5.75 Å². The van der Waals surface area contributed by atoms with Gasteiger partial charge in [0, 0.05) is 30.9 Å². The largest absolute Gasteiger partial charge is 0.492 e. The molecular weight excluding hydrogens is 384 g/mol. The van der Waals surface area contributed by atoms with Crippen LogP contribution in [0, 0.1) is 0 Å². The van der Waals surface area contributed by atoms with E-state index in [-0.39, 0.29) is 11.8 Å². The highest BCUT2D eigenvalue weighted by Crippen LogP contribution is 2.27. The van der Waals surface area contributed by atoms with Crippen molar-refractivity contribution in [3.8, 4) is 5.75 Å². The summed E-state index contributed by atoms with van der Waals surface area (Å²) in [7, 11) is 1.69. The predicted molar refractivity (Wildman–Crippen MR) is 103 cm³/mol. The van der Waals surface area contributed by atoms with Crippen LogP contribution in [0.1, 0.15) is 30.6 Å². The van der Waals surface area contributed by atoms with Crippen molar-refractivity contribution >= 4 is 39.1 Å². The number of anilines is 2. The lowest BCUT2D eigenvalue weighted by atomic mass is 10.2. The maximum Gasteiger partial charge on any atom is 0.255 e. The Morgan fingerprint density at radius 1 is 1.20 bits per heavy atom. The summed E-state index contributed by atoms with van der Waals surface area (Å²) >= 11 is 3.43. The maximum absolute atomic E-state index is 12.5. The Morgan fingerprint density at radius 3 is 2.60 bits per heavy atom. The molecule has 0 fully saturated rings. The molecule has 132 valence electrons. The first-order chi connectivity index (χ1) is 11.9. The Hall–Kier alpha value is -2.34. The van der Waals surface area contributed by atoms with E-state index in [1.807, 2.05) is 13.0 Å². The fraction of sp³-hybridized carbons (Fsp3) is 0.263. The molecule has 0 bridgehead atoms. The number of hydrogen-bond acceptors (Lipinski definition) is 3. The molecule has 0 aliphatic rings. The molecule has 1 N–H and O–H groups in total. The van der Waals surface area contributed by atoms with Crippen molar-refractivity contribution in [3.63, 3.8) is 0 Å². The molecule has 0 spiro atoms. The number of amides is 2. The maximum atomic E-state index is 12.5. The van der Waals surface area contributed by atoms with Gasteiger partial charge in [-0.3, -0.25) is 9.59 Å². The number of carbonyl (C=O) groups is 2. The van der Waals surface area contributed by atoms with E-state index in [1.54, 1.807) is 43.4 Å². The van der Waals surface area contributed by atoms with Gasteiger partial charge in [-0.05, 0) is 58.7 Å². The minimum absolute atomic E-state index is 0.0740. The van der Waals surface area contributed by atoms with E-state index < -0.39 is 0 Å². The Bertz CT molecular complexity index is 777. The minimum atomic E-state index is -0.231. The van der Waals surface area contributed by atoms with Crippen LogP contribution < -0.4 is 15.0 Å². The Morgan fingerprint density at radius 2 is 1.96 bits per heavy atom. The highest BCUT2D eigenvalue weighted by molar-refractivity contribution is 9.10. The molecule has 2 rings (SSSR count). The van der Waals surface area contributed by atoms with E-state index in [0.717, 1.165) is 16.6 Å². The van der Waals surface area contributed by atoms with Gasteiger partial charge in [-0.1, -0.05) is 13.0 Å². The number of halogens is 1. The Kier molecular flexibility index (Phi) is 6.58. The van der Waals surface area contributed by atoms with Gasteiger partial charge in [0.2, 0.25) is 5.91 Å². The van der Waals surface area contributed by atoms with E-state index in [9.17, 15) is 9.59 Å². The van der Waals surface area contributed by atoms with E-state index in [4.69, 9.17) is 4.74 Å². The Balaban J connectivity index is 2.13. The van der Waals surface area contributed by atoms with Gasteiger partial charge in [0.05, 0.1) is 11.1 Å². The zero-order valence-corrected chi connectivity index (χ0v) is 16.1. The van der Waals surface area contributed by atoms with Crippen molar-refractivity contribution in [2.75, 3.05) is 23.9 Å². The predicted octanol–water partition coefficient (Wildman–Crippen LogP) is 4.47. The third-order valence-electron chi connectivity index (χ3n) is 3.62. The van der Waals surface area contributed by atoms with Crippen molar-refractivity contribution in [1.82, 2.24) is 0 Å². The highest BCUT2D eigenvalue weighted by Gasteiger charge is 2.11. The van der Waals surface area contributed by atoms with Gasteiger partial charge in [0.25, 0.3) is 5.91 Å². The monoisotopic (exact) mass is 404 g/mol. The summed E-state index contributed by atoms with van der Waals surface area (Å²) in [6.45, 7) is 4.15. The standard InChI is InChI=1S/C19H21BrN2O3/c1-4-10-25-18-9-8-14(11-17(18)20)19(24)21-15-6-5-7-16(12-15)22(3)13(2)23/h5-9,11-12H,4,10H2,1-3H3,(H,21,24). The third-order valence-corrected chi connectivity index (χ3v) is 4.24. The summed E-state index contributed by atoms with van der Waals surface area (Å²) in [5, 5.41) is 2.84. The van der Waals surface area contributed by atoms with Crippen molar-refractivity contribution in [3.05, 3.63) is 52.5 Å². The fourth-order valence-corrected chi connectivity index (χ4v) is 2.64. The number of nitrogens with zero attached hydrogens (tertiary/aromatic N) is 1. The summed E-state index contributed by atoms with van der Waals surface area (Å²) in [5.41, 5.74) is 1.86. The first-order valence-corrected chi connectivity index (χ1v) is 8.79. The number of benzene rings is 2. The normalized spacial score (nSPS) is 10.2. The van der Waals surface area contributed by atoms with Crippen LogP contribution in [0.25, 0.3) is 0 Å². The van der Waals surface area contributed by atoms with E-state index in [1.165, 1.54) is 11.8 Å². The zero-order chi connectivity index (χ0) is 18.4. The summed E-state index contributed by atoms with van der Waals surface area (Å²) in [6, 6.07) is 12.4. The van der Waals surface area contributed by atoms with E-state index in [0.29, 0.717) is 23.6 Å². The number of ether oxygens (including phenoxy) is 1. The zero-order valence-electron chi connectivity index (χ0n) is 14.5. The van der Waals surface area contributed by atoms with Gasteiger partial charge >= 0.3 is 0 Å². The molecule has 2 aromatic carbocycles. The number of carbonyl (C=O) groups excluding carboxylic acids is 2. The lowest BCUT2D eigenvalue weighted by Gasteiger charge is -2.16. The molecule has 0 aliphatic heterocycles. The van der Waals surface area contributed by atoms with Gasteiger partial charge < -0.3 is 15.0 Å². The highest BCUT2D eigenvalue weighted by atomic mass is 79.9. The second kappa shape index (κ2) is 8.67. The van der Waals surface area contributed by atoms with Gasteiger partial charge in [0.15, 0.2) is 0 Å². The molecule has 0 unspecified atom stereocenters. The molecule has 0 radical (unpaired) electrons. The topological polar surface area (TPSA) is 58.6 Å². The second-order valence-electron chi connectivity index (χ2n) is 5.58. The second-order valence-corrected chi connectivity index (χ2v) is 6.43. The van der Waals surface area contributed by atoms with Crippen LogP contribution in [-0.2, 0) is 4.79 Å². The lowest BCUT2D eigenvalue weighted by molar-refractivity contribution is -0.116. The van der Waals surface area contributed by atoms with Crippen molar-refractivity contribution in [1.29, 1.82) is 0 Å². The Labute approximate surface area is 156 Å². The molecule has 5 nitrogen and oxygen atoms in total. The molecular formula is C19H21BrN2O3. The minimum Gasteiger partial charge on any atom is -0.492 e. The van der Waals surface area contributed by atoms with Gasteiger partial charge in [0.1, 0.15) is 5.75 Å². The van der Waals surface area contributed by atoms with Crippen LogP contribution >= 0.6 is 15.9 Å². The lowest BCUT2D eigenvalue weighted by Crippen LogP contribution is -2.23. The summed E-state index contributed by atoms with van der Waals surface area (Å²) < 4.78 is 6.32. The SMILES string of the molecule is CCCOc1ccc(C(=O)Nc2cccc(N(C)C(C)=O)c2)cc1Br. The average Bonchev–Trinajstić information content (AvgIpc) is 2.60. The molecule has 0 aromatic heterocycles.